The highest BCUT2D eigenvalue weighted by molar-refractivity contribution is 8.03. The van der Waals surface area contributed by atoms with Gasteiger partial charge in [-0.2, -0.15) is 4.98 Å². The molecule has 0 amide bonds. The van der Waals surface area contributed by atoms with Crippen molar-refractivity contribution in [2.24, 2.45) is 0 Å². The van der Waals surface area contributed by atoms with E-state index >= 15 is 0 Å². The third kappa shape index (κ3) is 3.64. The molecule has 2 aromatic heterocycles. The minimum atomic E-state index is -0.381. The van der Waals surface area contributed by atoms with Crippen molar-refractivity contribution in [3.05, 3.63) is 91.1 Å². The quantitative estimate of drug-likeness (QED) is 0.207. The minimum Gasteiger partial charge on any atom is -0.303 e. The van der Waals surface area contributed by atoms with Crippen molar-refractivity contribution in [2.45, 2.75) is 35.2 Å². The van der Waals surface area contributed by atoms with Gasteiger partial charge in [0.05, 0.1) is 16.4 Å². The molecule has 32 heavy (non-hydrogen) atoms. The van der Waals surface area contributed by atoms with E-state index in [4.69, 9.17) is 0 Å². The third-order valence-corrected chi connectivity index (χ3v) is 9.45. The van der Waals surface area contributed by atoms with Gasteiger partial charge >= 0.3 is 0 Å². The summed E-state index contributed by atoms with van der Waals surface area (Å²) in [5, 5.41) is 12.6. The van der Waals surface area contributed by atoms with Gasteiger partial charge in [-0.15, -0.1) is 23.1 Å². The summed E-state index contributed by atoms with van der Waals surface area (Å²) < 4.78 is 2.23. The fourth-order valence-electron chi connectivity index (χ4n) is 4.01. The van der Waals surface area contributed by atoms with Gasteiger partial charge < -0.3 is 4.57 Å². The van der Waals surface area contributed by atoms with E-state index in [1.165, 1.54) is 0 Å². The van der Waals surface area contributed by atoms with E-state index < -0.39 is 0 Å². The van der Waals surface area contributed by atoms with Crippen molar-refractivity contribution in [1.82, 2.24) is 9.55 Å². The van der Waals surface area contributed by atoms with Gasteiger partial charge in [0.1, 0.15) is 4.83 Å². The summed E-state index contributed by atoms with van der Waals surface area (Å²) in [5.74, 6) is 0.780. The molecule has 4 aromatic rings. The third-order valence-electron chi connectivity index (χ3n) is 5.69. The van der Waals surface area contributed by atoms with E-state index in [1.54, 1.807) is 47.0 Å². The van der Waals surface area contributed by atoms with Gasteiger partial charge in [-0.05, 0) is 37.1 Å². The number of non-ortho nitro benzene ring substituents is 1. The monoisotopic (exact) mass is 481 g/mol. The van der Waals surface area contributed by atoms with E-state index in [2.05, 4.69) is 21.7 Å². The first kappa shape index (κ1) is 21.2. The molecule has 0 N–H and O–H groups in total. The molecule has 6 nitrogen and oxygen atoms in total. The van der Waals surface area contributed by atoms with Crippen LogP contribution in [-0.2, 0) is 0 Å². The molecule has 0 unspecified atom stereocenters. The number of nitro benzene ring substituents is 1. The average Bonchev–Trinajstić information content (AvgIpc) is 3.10. The van der Waals surface area contributed by atoms with Crippen molar-refractivity contribution >= 4 is 50.8 Å². The Labute approximate surface area is 196 Å². The van der Waals surface area contributed by atoms with E-state index in [0.717, 1.165) is 36.6 Å². The van der Waals surface area contributed by atoms with Crippen molar-refractivity contribution < 1.29 is 4.92 Å². The summed E-state index contributed by atoms with van der Waals surface area (Å²) in [5.41, 5.74) is 2.09. The Morgan fingerprint density at radius 2 is 1.84 bits per heavy atom. The zero-order valence-corrected chi connectivity index (χ0v) is 19.8. The molecule has 1 aliphatic rings. The number of aryl methyl sites for hydroxylation is 2. The summed E-state index contributed by atoms with van der Waals surface area (Å²) >= 11 is 4.95. The summed E-state index contributed by atoms with van der Waals surface area (Å²) in [6, 6.07) is 17.0. The second kappa shape index (κ2) is 8.38. The molecule has 0 aliphatic carbocycles. The van der Waals surface area contributed by atoms with Gasteiger partial charge in [0, 0.05) is 32.9 Å². The number of thiophene rings is 1. The van der Waals surface area contributed by atoms with Crippen LogP contribution >= 0.6 is 34.9 Å². The Kier molecular flexibility index (Phi) is 5.56. The minimum absolute atomic E-state index is 0.0132. The molecule has 3 heterocycles. The van der Waals surface area contributed by atoms with Gasteiger partial charge in [0.25, 0.3) is 11.2 Å². The topological polar surface area (TPSA) is 78.0 Å². The van der Waals surface area contributed by atoms with Crippen LogP contribution in [0.25, 0.3) is 10.2 Å². The number of benzene rings is 2. The van der Waals surface area contributed by atoms with Crippen molar-refractivity contribution in [2.75, 3.05) is 5.75 Å². The molecule has 9 heteroatoms. The lowest BCUT2D eigenvalue weighted by Crippen LogP contribution is -2.32. The maximum Gasteiger partial charge on any atom is 0.282 e. The molecule has 1 aliphatic heterocycles. The summed E-state index contributed by atoms with van der Waals surface area (Å²) in [4.78, 5) is 31.0. The molecule has 2 atom stereocenters. The molecule has 0 radical (unpaired) electrons. The normalized spacial score (nSPS) is 17.9. The molecular formula is C23H19N3O3S3. The fraction of sp³-hybridized carbons (Fsp3) is 0.217. The Morgan fingerprint density at radius 3 is 2.53 bits per heavy atom. The highest BCUT2D eigenvalue weighted by Gasteiger charge is 2.35. The number of hydrogen-bond acceptors (Lipinski definition) is 7. The largest absolute Gasteiger partial charge is 0.303 e. The predicted octanol–water partition coefficient (Wildman–Crippen LogP) is 5.84. The molecule has 0 saturated carbocycles. The molecule has 0 spiro atoms. The molecule has 2 aromatic carbocycles. The second-order valence-corrected chi connectivity index (χ2v) is 11.1. The number of fused-ring (bicyclic) bond motifs is 3. The first-order chi connectivity index (χ1) is 15.4. The van der Waals surface area contributed by atoms with Crippen LogP contribution in [0.15, 0.2) is 69.4 Å². The summed E-state index contributed by atoms with van der Waals surface area (Å²) in [6.45, 7) is 4.03. The predicted molar refractivity (Wildman–Crippen MR) is 131 cm³/mol. The molecule has 0 bridgehead atoms. The second-order valence-electron chi connectivity index (χ2n) is 7.61. The molecule has 0 saturated heterocycles. The van der Waals surface area contributed by atoms with E-state index in [-0.39, 0.29) is 27.5 Å². The molecule has 5 rings (SSSR count). The van der Waals surface area contributed by atoms with Crippen LogP contribution in [0.4, 0.5) is 5.69 Å². The lowest BCUT2D eigenvalue weighted by atomic mass is 10.0. The fourth-order valence-corrected chi connectivity index (χ4v) is 7.77. The van der Waals surface area contributed by atoms with Gasteiger partial charge in [-0.3, -0.25) is 14.9 Å². The SMILES string of the molecule is Cc1sc2c(c1C)c(=O)nc1n2[C@H](c2ccccc2)[C@@H](Sc2ccc([N+](=O)[O-])cc2)CS1. The van der Waals surface area contributed by atoms with Crippen molar-refractivity contribution in [3.63, 3.8) is 0 Å². The number of rotatable bonds is 4. The number of nitrogens with zero attached hydrogens (tertiary/aromatic N) is 3. The standard InChI is InChI=1S/C23H19N3O3S3/c1-13-14(2)31-22-19(13)21(27)24-23-25(22)20(15-6-4-3-5-7-15)18(12-30-23)32-17-10-8-16(9-11-17)26(28)29/h3-11,18,20H,12H2,1-2H3/t18-,20+/m0/s1. The lowest BCUT2D eigenvalue weighted by molar-refractivity contribution is -0.384. The lowest BCUT2D eigenvalue weighted by Gasteiger charge is -2.35. The van der Waals surface area contributed by atoms with Gasteiger partial charge in [0.2, 0.25) is 0 Å². The number of nitro groups is 1. The maximum absolute atomic E-state index is 12.8. The van der Waals surface area contributed by atoms with Gasteiger partial charge in [-0.1, -0.05) is 42.1 Å². The Morgan fingerprint density at radius 1 is 1.12 bits per heavy atom. The number of aromatic nitrogens is 2. The first-order valence-electron chi connectivity index (χ1n) is 10.0. The highest BCUT2D eigenvalue weighted by atomic mass is 32.2. The van der Waals surface area contributed by atoms with Crippen LogP contribution in [-0.4, -0.2) is 25.5 Å². The average molecular weight is 482 g/mol. The van der Waals surface area contributed by atoms with Crippen molar-refractivity contribution in [1.29, 1.82) is 0 Å². The first-order valence-corrected chi connectivity index (χ1v) is 12.7. The van der Waals surface area contributed by atoms with E-state index in [9.17, 15) is 14.9 Å². The van der Waals surface area contributed by atoms with Crippen LogP contribution in [0.3, 0.4) is 0 Å². The van der Waals surface area contributed by atoms with Crippen LogP contribution in [0.1, 0.15) is 22.0 Å². The zero-order valence-electron chi connectivity index (χ0n) is 17.3. The molecule has 0 fully saturated rings. The molecule has 162 valence electrons. The molecular weight excluding hydrogens is 462 g/mol. The van der Waals surface area contributed by atoms with Gasteiger partial charge in [-0.25, -0.2) is 0 Å². The summed E-state index contributed by atoms with van der Waals surface area (Å²) in [6.07, 6.45) is 0. The Balaban J connectivity index is 1.65. The number of hydrogen-bond donors (Lipinski definition) is 0. The van der Waals surface area contributed by atoms with E-state index in [1.807, 2.05) is 44.2 Å². The van der Waals surface area contributed by atoms with Gasteiger partial charge in [0.15, 0.2) is 5.16 Å². The van der Waals surface area contributed by atoms with Crippen LogP contribution < -0.4 is 5.56 Å². The highest BCUT2D eigenvalue weighted by Crippen LogP contribution is 2.45. The summed E-state index contributed by atoms with van der Waals surface area (Å²) in [7, 11) is 0. The van der Waals surface area contributed by atoms with Crippen LogP contribution in [0, 0.1) is 24.0 Å². The zero-order chi connectivity index (χ0) is 22.4. The van der Waals surface area contributed by atoms with Crippen LogP contribution in [0.5, 0.6) is 0 Å². The van der Waals surface area contributed by atoms with Crippen LogP contribution in [0.2, 0.25) is 0 Å². The Hall–Kier alpha value is -2.62. The van der Waals surface area contributed by atoms with Crippen molar-refractivity contribution in [3.8, 4) is 0 Å². The maximum atomic E-state index is 12.8. The Bertz CT molecular complexity index is 1380. The number of thioether (sulfide) groups is 2. The smallest absolute Gasteiger partial charge is 0.282 e. The van der Waals surface area contributed by atoms with E-state index in [0.29, 0.717) is 5.39 Å².